The first-order valence-corrected chi connectivity index (χ1v) is 5.95. The van der Waals surface area contributed by atoms with Gasteiger partial charge in [-0.1, -0.05) is 6.07 Å². The summed E-state index contributed by atoms with van der Waals surface area (Å²) in [5.41, 5.74) is 1.12. The van der Waals surface area contributed by atoms with Crippen molar-refractivity contribution >= 4 is 66.7 Å². The van der Waals surface area contributed by atoms with Crippen molar-refractivity contribution in [1.82, 2.24) is 4.98 Å². The molecule has 0 saturated heterocycles. The molecule has 1 heterocycles. The fourth-order valence-corrected chi connectivity index (χ4v) is 3.32. The fraction of sp³-hybridized carbons (Fsp3) is 0. The topological polar surface area (TPSA) is 12.9 Å². The van der Waals surface area contributed by atoms with Crippen LogP contribution in [0.15, 0.2) is 18.2 Å². The second-order valence-corrected chi connectivity index (χ2v) is 5.97. The highest BCUT2D eigenvalue weighted by Gasteiger charge is 2.02. The Bertz CT molecular complexity index is 396. The Hall–Kier alpha value is 0.570. The first-order chi connectivity index (χ1) is 5.27. The summed E-state index contributed by atoms with van der Waals surface area (Å²) in [4.78, 5) is 4.37. The molecule has 0 aliphatic heterocycles. The second kappa shape index (κ2) is 3.14. The van der Waals surface area contributed by atoms with E-state index in [2.05, 4.69) is 62.3 Å². The molecule has 0 saturated carbocycles. The Morgan fingerprint density at radius 2 is 2.09 bits per heavy atom. The van der Waals surface area contributed by atoms with E-state index < -0.39 is 0 Å². The average molecular weight is 387 g/mol. The van der Waals surface area contributed by atoms with E-state index in [1.54, 1.807) is 11.3 Å². The number of fused-ring (bicyclic) bond motifs is 1. The largest absolute Gasteiger partial charge is 0.230 e. The van der Waals surface area contributed by atoms with Gasteiger partial charge in [0.15, 0.2) is 3.01 Å². The van der Waals surface area contributed by atoms with E-state index in [9.17, 15) is 0 Å². The van der Waals surface area contributed by atoms with Crippen molar-refractivity contribution in [1.29, 1.82) is 0 Å². The van der Waals surface area contributed by atoms with Gasteiger partial charge in [0.1, 0.15) is 0 Å². The van der Waals surface area contributed by atoms with Crippen LogP contribution < -0.4 is 0 Å². The Morgan fingerprint density at radius 1 is 1.27 bits per heavy atom. The third-order valence-corrected chi connectivity index (χ3v) is 4.40. The molecular weight excluding hydrogens is 384 g/mol. The van der Waals surface area contributed by atoms with Crippen LogP contribution in [0, 0.1) is 6.58 Å². The first kappa shape index (κ1) is 8.18. The molecule has 1 aromatic heterocycles. The van der Waals surface area contributed by atoms with Crippen molar-refractivity contribution in [3.8, 4) is 0 Å². The summed E-state index contributed by atoms with van der Waals surface area (Å²) in [6, 6.07) is 6.20. The Balaban J connectivity index is 2.90. The molecule has 2 aromatic rings. The van der Waals surface area contributed by atoms with Crippen LogP contribution >= 0.6 is 56.5 Å². The van der Waals surface area contributed by atoms with Gasteiger partial charge in [0, 0.05) is 3.57 Å². The highest BCUT2D eigenvalue weighted by Crippen LogP contribution is 2.27. The van der Waals surface area contributed by atoms with E-state index in [1.165, 1.54) is 8.27 Å². The van der Waals surface area contributed by atoms with Crippen molar-refractivity contribution in [2.75, 3.05) is 0 Å². The van der Waals surface area contributed by atoms with Gasteiger partial charge in [0.2, 0.25) is 0 Å². The number of thiazole rings is 1. The van der Waals surface area contributed by atoms with Crippen LogP contribution in [0.25, 0.3) is 10.2 Å². The van der Waals surface area contributed by atoms with E-state index in [1.807, 2.05) is 6.07 Å². The molecule has 0 radical (unpaired) electrons. The van der Waals surface area contributed by atoms with E-state index in [0.717, 1.165) is 8.53 Å². The minimum Gasteiger partial charge on any atom is -0.230 e. The smallest absolute Gasteiger partial charge is 0.155 e. The highest BCUT2D eigenvalue weighted by atomic mass is 127. The predicted octanol–water partition coefficient (Wildman–Crippen LogP) is 3.51. The molecule has 0 amide bonds. The van der Waals surface area contributed by atoms with Crippen molar-refractivity contribution in [2.45, 2.75) is 0 Å². The van der Waals surface area contributed by atoms with Gasteiger partial charge in [-0.2, -0.15) is 0 Å². The average Bonchev–Trinajstić information content (AvgIpc) is 2.31. The van der Waals surface area contributed by atoms with Gasteiger partial charge in [0.05, 0.1) is 10.2 Å². The normalized spacial score (nSPS) is 10.7. The Kier molecular flexibility index (Phi) is 2.33. The second-order valence-electron chi connectivity index (χ2n) is 2.05. The fourth-order valence-electron chi connectivity index (χ4n) is 0.888. The Labute approximate surface area is 95.5 Å². The third kappa shape index (κ3) is 1.52. The summed E-state index contributed by atoms with van der Waals surface area (Å²) in [6.45, 7) is 0. The molecule has 0 atom stereocenters. The van der Waals surface area contributed by atoms with Gasteiger partial charge in [-0.05, 0) is 57.3 Å². The lowest BCUT2D eigenvalue weighted by molar-refractivity contribution is 1.44. The van der Waals surface area contributed by atoms with Crippen LogP contribution in [0.1, 0.15) is 0 Å². The SMILES string of the molecule is Ic1nc2cccc(I)c2s1. The molecule has 1 aromatic carbocycles. The molecule has 0 N–H and O–H groups in total. The molecule has 2 rings (SSSR count). The lowest BCUT2D eigenvalue weighted by Crippen LogP contribution is -1.70. The molecule has 0 aliphatic rings. The maximum absolute atomic E-state index is 4.37. The van der Waals surface area contributed by atoms with Crippen molar-refractivity contribution in [3.05, 3.63) is 24.8 Å². The first-order valence-electron chi connectivity index (χ1n) is 2.98. The molecule has 56 valence electrons. The number of rotatable bonds is 0. The van der Waals surface area contributed by atoms with Crippen LogP contribution in [0.3, 0.4) is 0 Å². The lowest BCUT2D eigenvalue weighted by Gasteiger charge is -1.88. The van der Waals surface area contributed by atoms with Gasteiger partial charge in [-0.15, -0.1) is 11.3 Å². The van der Waals surface area contributed by atoms with Crippen LogP contribution in [0.4, 0.5) is 0 Å². The maximum Gasteiger partial charge on any atom is 0.155 e. The molecule has 0 spiro atoms. The van der Waals surface area contributed by atoms with Gasteiger partial charge in [0.25, 0.3) is 0 Å². The molecule has 0 bridgehead atoms. The van der Waals surface area contributed by atoms with Crippen molar-refractivity contribution in [2.24, 2.45) is 0 Å². The zero-order valence-corrected chi connectivity index (χ0v) is 10.5. The van der Waals surface area contributed by atoms with Crippen LogP contribution in [-0.4, -0.2) is 4.98 Å². The molecule has 0 aliphatic carbocycles. The number of hydrogen-bond acceptors (Lipinski definition) is 2. The zero-order chi connectivity index (χ0) is 7.84. The number of nitrogens with zero attached hydrogens (tertiary/aromatic N) is 1. The minimum absolute atomic E-state index is 1.11. The van der Waals surface area contributed by atoms with E-state index in [0.29, 0.717) is 0 Å². The number of benzene rings is 1. The molecule has 11 heavy (non-hydrogen) atoms. The maximum atomic E-state index is 4.37. The van der Waals surface area contributed by atoms with Crippen LogP contribution in [-0.2, 0) is 0 Å². The summed E-state index contributed by atoms with van der Waals surface area (Å²) in [5.74, 6) is 0. The molecular formula is C7H3I2NS. The van der Waals surface area contributed by atoms with E-state index in [4.69, 9.17) is 0 Å². The summed E-state index contributed by atoms with van der Waals surface area (Å²) in [5, 5.41) is 0. The monoisotopic (exact) mass is 387 g/mol. The van der Waals surface area contributed by atoms with Crippen molar-refractivity contribution in [3.63, 3.8) is 0 Å². The van der Waals surface area contributed by atoms with Crippen molar-refractivity contribution < 1.29 is 0 Å². The Morgan fingerprint density at radius 3 is 2.82 bits per heavy atom. The predicted molar refractivity (Wildman–Crippen MR) is 65.1 cm³/mol. The number of halogens is 2. The van der Waals surface area contributed by atoms with E-state index in [-0.39, 0.29) is 0 Å². The minimum atomic E-state index is 1.11. The zero-order valence-electron chi connectivity index (χ0n) is 5.34. The molecule has 0 unspecified atom stereocenters. The number of hydrogen-bond donors (Lipinski definition) is 0. The lowest BCUT2D eigenvalue weighted by atomic mass is 10.3. The molecule has 1 nitrogen and oxygen atoms in total. The third-order valence-electron chi connectivity index (χ3n) is 1.34. The highest BCUT2D eigenvalue weighted by molar-refractivity contribution is 14.1. The van der Waals surface area contributed by atoms with Gasteiger partial charge >= 0.3 is 0 Å². The summed E-state index contributed by atoms with van der Waals surface area (Å²) >= 11 is 6.34. The molecule has 4 heteroatoms. The summed E-state index contributed by atoms with van der Waals surface area (Å²) in [7, 11) is 0. The van der Waals surface area contributed by atoms with Gasteiger partial charge < -0.3 is 0 Å². The summed E-state index contributed by atoms with van der Waals surface area (Å²) < 4.78 is 3.71. The summed E-state index contributed by atoms with van der Waals surface area (Å²) in [6.07, 6.45) is 0. The van der Waals surface area contributed by atoms with Crippen LogP contribution in [0.5, 0.6) is 0 Å². The number of aromatic nitrogens is 1. The quantitative estimate of drug-likeness (QED) is 0.631. The van der Waals surface area contributed by atoms with Gasteiger partial charge in [-0.3, -0.25) is 0 Å². The standard InChI is InChI=1S/C7H3I2NS/c8-4-2-1-3-5-6(4)11-7(9)10-5/h1-3H. The van der Waals surface area contributed by atoms with E-state index >= 15 is 0 Å². The van der Waals surface area contributed by atoms with Gasteiger partial charge in [-0.25, -0.2) is 4.98 Å². The van der Waals surface area contributed by atoms with Crippen LogP contribution in [0.2, 0.25) is 0 Å². The molecule has 0 fully saturated rings.